The van der Waals surface area contributed by atoms with Gasteiger partial charge >= 0.3 is 0 Å². The van der Waals surface area contributed by atoms with Gasteiger partial charge in [-0.2, -0.15) is 0 Å². The number of carbonyl (C=O) groups is 1. The van der Waals surface area contributed by atoms with E-state index in [1.54, 1.807) is 0 Å². The van der Waals surface area contributed by atoms with Crippen molar-refractivity contribution in [2.75, 3.05) is 0 Å². The van der Waals surface area contributed by atoms with Crippen molar-refractivity contribution in [3.05, 3.63) is 46.8 Å². The predicted octanol–water partition coefficient (Wildman–Crippen LogP) is 5.40. The highest BCUT2D eigenvalue weighted by Gasteiger charge is 2.26. The minimum Gasteiger partial charge on any atom is -0.366 e. The van der Waals surface area contributed by atoms with Gasteiger partial charge in [-0.3, -0.25) is 4.79 Å². The van der Waals surface area contributed by atoms with Crippen molar-refractivity contribution in [2.45, 2.75) is 72.3 Å². The van der Waals surface area contributed by atoms with Crippen LogP contribution in [0.4, 0.5) is 0 Å². The van der Waals surface area contributed by atoms with Crippen LogP contribution in [0.25, 0.3) is 11.1 Å². The summed E-state index contributed by atoms with van der Waals surface area (Å²) in [5, 5.41) is 0. The van der Waals surface area contributed by atoms with Gasteiger partial charge in [0, 0.05) is 23.5 Å². The number of aryl methyl sites for hydroxylation is 1. The lowest BCUT2D eigenvalue weighted by atomic mass is 9.89. The van der Waals surface area contributed by atoms with Gasteiger partial charge in [-0.1, -0.05) is 56.9 Å². The number of nitrogens with two attached hydrogens (primary N) is 1. The average molecular weight is 353 g/mol. The van der Waals surface area contributed by atoms with E-state index >= 15 is 0 Å². The first-order chi connectivity index (χ1) is 12.5. The SMILES string of the molecule is CCCc1c(-c2ccccc2C)c(C(N)=O)c(C)n1CC1CCCCC1. The van der Waals surface area contributed by atoms with Crippen LogP contribution in [0.2, 0.25) is 0 Å². The monoisotopic (exact) mass is 352 g/mol. The Labute approximate surface area is 157 Å². The molecule has 0 spiro atoms. The van der Waals surface area contributed by atoms with Crippen LogP contribution in [-0.4, -0.2) is 10.5 Å². The van der Waals surface area contributed by atoms with Crippen LogP contribution in [0.1, 0.15) is 72.8 Å². The zero-order valence-corrected chi connectivity index (χ0v) is 16.5. The molecule has 0 saturated heterocycles. The summed E-state index contributed by atoms with van der Waals surface area (Å²) in [6, 6.07) is 8.34. The molecule has 1 aliphatic carbocycles. The second-order valence-corrected chi connectivity index (χ2v) is 7.83. The topological polar surface area (TPSA) is 48.0 Å². The molecular formula is C23H32N2O. The molecule has 1 aromatic heterocycles. The maximum Gasteiger partial charge on any atom is 0.251 e. The predicted molar refractivity (Wildman–Crippen MR) is 108 cm³/mol. The summed E-state index contributed by atoms with van der Waals surface area (Å²) in [4.78, 5) is 12.4. The van der Waals surface area contributed by atoms with Crippen molar-refractivity contribution in [2.24, 2.45) is 11.7 Å². The fraction of sp³-hybridized carbons (Fsp3) is 0.522. The lowest BCUT2D eigenvalue weighted by Crippen LogP contribution is -2.18. The van der Waals surface area contributed by atoms with Crippen molar-refractivity contribution in [3.8, 4) is 11.1 Å². The molecule has 0 aliphatic heterocycles. The van der Waals surface area contributed by atoms with E-state index in [0.29, 0.717) is 0 Å². The van der Waals surface area contributed by atoms with Crippen LogP contribution in [-0.2, 0) is 13.0 Å². The van der Waals surface area contributed by atoms with Crippen LogP contribution in [0.5, 0.6) is 0 Å². The number of nitrogens with zero attached hydrogens (tertiary/aromatic N) is 1. The van der Waals surface area contributed by atoms with Gasteiger partial charge in [-0.15, -0.1) is 0 Å². The standard InChI is InChI=1S/C23H32N2O/c1-4-10-20-22(19-14-9-8-11-16(19)2)21(23(24)26)17(3)25(20)15-18-12-6-5-7-13-18/h8-9,11,14,18H,4-7,10,12-13,15H2,1-3H3,(H2,24,26). The van der Waals surface area contributed by atoms with Crippen molar-refractivity contribution >= 4 is 5.91 Å². The quantitative estimate of drug-likeness (QED) is 0.743. The molecule has 1 amide bonds. The molecule has 1 aromatic carbocycles. The molecule has 26 heavy (non-hydrogen) atoms. The lowest BCUT2D eigenvalue weighted by molar-refractivity contribution is 0.1000. The third-order valence-electron chi connectivity index (χ3n) is 5.94. The van der Waals surface area contributed by atoms with E-state index in [2.05, 4.69) is 43.5 Å². The van der Waals surface area contributed by atoms with E-state index in [1.165, 1.54) is 43.4 Å². The first-order valence-corrected chi connectivity index (χ1v) is 10.1. The molecule has 0 atom stereocenters. The second kappa shape index (κ2) is 8.11. The van der Waals surface area contributed by atoms with Gasteiger partial charge in [-0.05, 0) is 50.2 Å². The number of amides is 1. The number of hydrogen-bond acceptors (Lipinski definition) is 1. The number of aromatic nitrogens is 1. The van der Waals surface area contributed by atoms with Gasteiger partial charge in [0.25, 0.3) is 5.91 Å². The largest absolute Gasteiger partial charge is 0.366 e. The zero-order chi connectivity index (χ0) is 18.7. The Morgan fingerprint density at radius 3 is 2.46 bits per heavy atom. The summed E-state index contributed by atoms with van der Waals surface area (Å²) in [5.74, 6) is 0.413. The molecule has 2 N–H and O–H groups in total. The summed E-state index contributed by atoms with van der Waals surface area (Å²) in [6.07, 6.45) is 8.67. The number of hydrogen-bond donors (Lipinski definition) is 1. The minimum atomic E-state index is -0.305. The van der Waals surface area contributed by atoms with Gasteiger partial charge in [0.2, 0.25) is 0 Å². The third-order valence-corrected chi connectivity index (χ3v) is 5.94. The summed E-state index contributed by atoms with van der Waals surface area (Å²) < 4.78 is 2.42. The molecule has 1 fully saturated rings. The van der Waals surface area contributed by atoms with E-state index in [0.717, 1.165) is 47.7 Å². The lowest BCUT2D eigenvalue weighted by Gasteiger charge is -2.24. The number of carbonyl (C=O) groups excluding carboxylic acids is 1. The highest BCUT2D eigenvalue weighted by atomic mass is 16.1. The van der Waals surface area contributed by atoms with E-state index in [-0.39, 0.29) is 5.91 Å². The summed E-state index contributed by atoms with van der Waals surface area (Å²) in [6.45, 7) is 7.42. The molecule has 140 valence electrons. The van der Waals surface area contributed by atoms with E-state index < -0.39 is 0 Å². The highest BCUT2D eigenvalue weighted by Crippen LogP contribution is 2.37. The molecule has 0 bridgehead atoms. The Kier molecular flexibility index (Phi) is 5.85. The Bertz CT molecular complexity index is 782. The number of primary amides is 1. The molecule has 0 radical (unpaired) electrons. The van der Waals surface area contributed by atoms with Gasteiger partial charge in [0.05, 0.1) is 5.56 Å². The molecule has 3 nitrogen and oxygen atoms in total. The van der Waals surface area contributed by atoms with Crippen LogP contribution < -0.4 is 5.73 Å². The first kappa shape index (κ1) is 18.8. The fourth-order valence-electron chi connectivity index (χ4n) is 4.61. The van der Waals surface area contributed by atoms with E-state index in [9.17, 15) is 4.79 Å². The molecule has 2 aromatic rings. The minimum absolute atomic E-state index is 0.305. The maximum absolute atomic E-state index is 12.4. The zero-order valence-electron chi connectivity index (χ0n) is 16.5. The second-order valence-electron chi connectivity index (χ2n) is 7.83. The highest BCUT2D eigenvalue weighted by molar-refractivity contribution is 6.02. The van der Waals surface area contributed by atoms with Gasteiger partial charge in [0.1, 0.15) is 0 Å². The Hall–Kier alpha value is -2.03. The number of rotatable bonds is 6. The van der Waals surface area contributed by atoms with Gasteiger partial charge in [0.15, 0.2) is 0 Å². The molecule has 1 saturated carbocycles. The third kappa shape index (κ3) is 3.58. The molecule has 1 aliphatic rings. The van der Waals surface area contributed by atoms with Crippen molar-refractivity contribution in [1.29, 1.82) is 0 Å². The van der Waals surface area contributed by atoms with Gasteiger partial charge < -0.3 is 10.3 Å². The fourth-order valence-corrected chi connectivity index (χ4v) is 4.61. The van der Waals surface area contributed by atoms with E-state index in [1.807, 2.05) is 6.07 Å². The van der Waals surface area contributed by atoms with Crippen molar-refractivity contribution < 1.29 is 4.79 Å². The average Bonchev–Trinajstić information content (AvgIpc) is 2.89. The normalized spacial score (nSPS) is 15.3. The van der Waals surface area contributed by atoms with E-state index in [4.69, 9.17) is 5.73 Å². The smallest absolute Gasteiger partial charge is 0.251 e. The molecular weight excluding hydrogens is 320 g/mol. The maximum atomic E-state index is 12.4. The van der Waals surface area contributed by atoms with Crippen LogP contribution in [0.15, 0.2) is 24.3 Å². The molecule has 3 rings (SSSR count). The summed E-state index contributed by atoms with van der Waals surface area (Å²) in [5.41, 5.74) is 12.3. The molecule has 0 unspecified atom stereocenters. The summed E-state index contributed by atoms with van der Waals surface area (Å²) >= 11 is 0. The Balaban J connectivity index is 2.16. The Morgan fingerprint density at radius 1 is 1.15 bits per heavy atom. The first-order valence-electron chi connectivity index (χ1n) is 10.1. The molecule has 1 heterocycles. The van der Waals surface area contributed by atoms with Crippen LogP contribution in [0, 0.1) is 19.8 Å². The van der Waals surface area contributed by atoms with Crippen molar-refractivity contribution in [1.82, 2.24) is 4.57 Å². The van der Waals surface area contributed by atoms with Gasteiger partial charge in [-0.25, -0.2) is 0 Å². The van der Waals surface area contributed by atoms with Crippen molar-refractivity contribution in [3.63, 3.8) is 0 Å². The molecule has 3 heteroatoms. The van der Waals surface area contributed by atoms with Crippen LogP contribution in [0.3, 0.4) is 0 Å². The number of benzene rings is 1. The Morgan fingerprint density at radius 2 is 1.85 bits per heavy atom. The van der Waals surface area contributed by atoms with Crippen LogP contribution >= 0.6 is 0 Å². The summed E-state index contributed by atoms with van der Waals surface area (Å²) in [7, 11) is 0.